The Labute approximate surface area is 137 Å². The smallest absolute Gasteiger partial charge is 0.326 e. The molecule has 3 N–H and O–H groups in total. The van der Waals surface area contributed by atoms with E-state index in [0.717, 1.165) is 54.2 Å². The molecular formula is C18H20N4O2. The number of aliphatic hydroxyl groups is 1. The molecule has 0 amide bonds. The summed E-state index contributed by atoms with van der Waals surface area (Å²) in [5.74, 6) is 1.44. The van der Waals surface area contributed by atoms with Gasteiger partial charge in [-0.25, -0.2) is 9.78 Å². The van der Waals surface area contributed by atoms with Gasteiger partial charge in [0.15, 0.2) is 0 Å². The number of nitrogens with one attached hydrogen (secondary N) is 2. The third-order valence-corrected chi connectivity index (χ3v) is 6.75. The van der Waals surface area contributed by atoms with E-state index in [1.165, 1.54) is 0 Å². The molecule has 0 saturated heterocycles. The van der Waals surface area contributed by atoms with Gasteiger partial charge in [0.05, 0.1) is 22.8 Å². The Morgan fingerprint density at radius 3 is 2.79 bits per heavy atom. The molecule has 3 aromatic heterocycles. The summed E-state index contributed by atoms with van der Waals surface area (Å²) in [7, 11) is 0. The van der Waals surface area contributed by atoms with Crippen LogP contribution in [0.3, 0.4) is 0 Å². The van der Waals surface area contributed by atoms with Crippen molar-refractivity contribution in [3.63, 3.8) is 0 Å². The highest BCUT2D eigenvalue weighted by molar-refractivity contribution is 6.00. The van der Waals surface area contributed by atoms with Crippen LogP contribution in [0.5, 0.6) is 0 Å². The zero-order valence-corrected chi connectivity index (χ0v) is 13.3. The lowest BCUT2D eigenvalue weighted by Crippen LogP contribution is -2.55. The van der Waals surface area contributed by atoms with Gasteiger partial charge >= 0.3 is 5.69 Å². The number of fused-ring (bicyclic) bond motifs is 3. The van der Waals surface area contributed by atoms with Gasteiger partial charge in [0, 0.05) is 17.6 Å². The molecular weight excluding hydrogens is 304 g/mol. The maximum atomic E-state index is 12.8. The van der Waals surface area contributed by atoms with Crippen molar-refractivity contribution in [3.05, 3.63) is 28.9 Å². The molecule has 1 unspecified atom stereocenters. The fourth-order valence-electron chi connectivity index (χ4n) is 6.28. The van der Waals surface area contributed by atoms with Crippen LogP contribution in [0.25, 0.3) is 22.1 Å². The fraction of sp³-hybridized carbons (Fsp3) is 0.556. The molecule has 4 bridgehead atoms. The molecule has 3 heterocycles. The first-order valence-corrected chi connectivity index (χ1v) is 8.90. The largest absolute Gasteiger partial charge is 0.390 e. The molecule has 0 radical (unpaired) electrons. The van der Waals surface area contributed by atoms with Crippen molar-refractivity contribution in [2.75, 3.05) is 0 Å². The minimum absolute atomic E-state index is 0.0371. The van der Waals surface area contributed by atoms with Gasteiger partial charge in [-0.1, -0.05) is 0 Å². The standard InChI is InChI=1S/C18H20N4O2/c23-17-21-13-8-20-16-12(1-2-19-16)15(13)22(17)14-10-3-9-4-11(14)7-18(24,5-9)6-10/h1-2,8-11,14,24H,3-7H2,(H,19,20)(H,21,23)/t9?,10-,11+,14+,18+. The number of imidazole rings is 1. The third-order valence-electron chi connectivity index (χ3n) is 6.75. The van der Waals surface area contributed by atoms with Crippen molar-refractivity contribution in [2.24, 2.45) is 17.8 Å². The number of H-pyrrole nitrogens is 2. The van der Waals surface area contributed by atoms with Crippen LogP contribution >= 0.6 is 0 Å². The van der Waals surface area contributed by atoms with Crippen LogP contribution in [0.15, 0.2) is 23.3 Å². The van der Waals surface area contributed by atoms with Crippen molar-refractivity contribution in [2.45, 2.75) is 43.7 Å². The lowest BCUT2D eigenvalue weighted by Gasteiger charge is -2.58. The van der Waals surface area contributed by atoms with E-state index in [-0.39, 0.29) is 11.7 Å². The summed E-state index contributed by atoms with van der Waals surface area (Å²) in [6.45, 7) is 0. The van der Waals surface area contributed by atoms with E-state index in [1.807, 2.05) is 16.8 Å². The van der Waals surface area contributed by atoms with Crippen LogP contribution in [0, 0.1) is 17.8 Å². The molecule has 6 nitrogen and oxygen atoms in total. The monoisotopic (exact) mass is 324 g/mol. The summed E-state index contributed by atoms with van der Waals surface area (Å²) in [6, 6.07) is 2.20. The molecule has 7 rings (SSSR count). The highest BCUT2D eigenvalue weighted by Crippen LogP contribution is 2.60. The second-order valence-electron chi connectivity index (χ2n) is 8.25. The van der Waals surface area contributed by atoms with Crippen molar-refractivity contribution < 1.29 is 5.11 Å². The van der Waals surface area contributed by atoms with E-state index in [4.69, 9.17) is 0 Å². The number of aromatic nitrogens is 4. The molecule has 4 saturated carbocycles. The lowest BCUT2D eigenvalue weighted by molar-refractivity contribution is -0.146. The van der Waals surface area contributed by atoms with E-state index in [0.29, 0.717) is 17.8 Å². The lowest BCUT2D eigenvalue weighted by atomic mass is 9.52. The molecule has 6 heteroatoms. The predicted molar refractivity (Wildman–Crippen MR) is 89.8 cm³/mol. The van der Waals surface area contributed by atoms with Crippen LogP contribution in [0.4, 0.5) is 0 Å². The van der Waals surface area contributed by atoms with Gasteiger partial charge < -0.3 is 15.1 Å². The van der Waals surface area contributed by atoms with Gasteiger partial charge in [-0.3, -0.25) is 4.57 Å². The molecule has 0 aromatic carbocycles. The normalized spacial score (nSPS) is 37.7. The van der Waals surface area contributed by atoms with Crippen molar-refractivity contribution in [3.8, 4) is 0 Å². The van der Waals surface area contributed by atoms with E-state index in [1.54, 1.807) is 6.20 Å². The van der Waals surface area contributed by atoms with E-state index < -0.39 is 5.60 Å². The first-order valence-electron chi connectivity index (χ1n) is 8.90. The third kappa shape index (κ3) is 1.55. The summed E-state index contributed by atoms with van der Waals surface area (Å²) in [5, 5.41) is 11.8. The van der Waals surface area contributed by atoms with Gasteiger partial charge in [0.2, 0.25) is 0 Å². The number of rotatable bonds is 1. The molecule has 4 aliphatic carbocycles. The van der Waals surface area contributed by atoms with Gasteiger partial charge in [-0.15, -0.1) is 0 Å². The molecule has 24 heavy (non-hydrogen) atoms. The number of pyridine rings is 1. The van der Waals surface area contributed by atoms with Crippen LogP contribution in [0.1, 0.15) is 38.1 Å². The van der Waals surface area contributed by atoms with E-state index >= 15 is 0 Å². The number of hydrogen-bond acceptors (Lipinski definition) is 3. The average molecular weight is 324 g/mol. The Hall–Kier alpha value is -2.08. The second-order valence-corrected chi connectivity index (χ2v) is 8.25. The SMILES string of the molecule is O=c1[nH]c2cnc3[nH]ccc3c2n1[C@H]1[C@@H]2CC3C[C@H]1C[C@](O)(C3)C2. The molecule has 0 aliphatic heterocycles. The average Bonchev–Trinajstić information content (AvgIpc) is 3.09. The summed E-state index contributed by atoms with van der Waals surface area (Å²) in [4.78, 5) is 23.3. The Balaban J connectivity index is 1.61. The first kappa shape index (κ1) is 13.2. The summed E-state index contributed by atoms with van der Waals surface area (Å²) in [5.41, 5.74) is 2.08. The van der Waals surface area contributed by atoms with Gasteiger partial charge in [-0.05, 0) is 55.9 Å². The highest BCUT2D eigenvalue weighted by atomic mass is 16.3. The Kier molecular flexibility index (Phi) is 2.27. The predicted octanol–water partition coefficient (Wildman–Crippen LogP) is 2.32. The number of nitrogens with zero attached hydrogens (tertiary/aromatic N) is 2. The zero-order chi connectivity index (χ0) is 16.1. The van der Waals surface area contributed by atoms with Crippen LogP contribution in [-0.2, 0) is 0 Å². The topological polar surface area (TPSA) is 86.7 Å². The van der Waals surface area contributed by atoms with E-state index in [9.17, 15) is 9.90 Å². The molecule has 4 aliphatic rings. The summed E-state index contributed by atoms with van der Waals surface area (Å²) < 4.78 is 1.99. The van der Waals surface area contributed by atoms with E-state index in [2.05, 4.69) is 15.0 Å². The molecule has 4 fully saturated rings. The molecule has 0 spiro atoms. The Morgan fingerprint density at radius 1 is 1.25 bits per heavy atom. The van der Waals surface area contributed by atoms with Crippen LogP contribution in [-0.4, -0.2) is 30.2 Å². The quantitative estimate of drug-likeness (QED) is 0.642. The fourth-order valence-corrected chi connectivity index (χ4v) is 6.28. The zero-order valence-electron chi connectivity index (χ0n) is 13.3. The highest BCUT2D eigenvalue weighted by Gasteiger charge is 2.55. The second kappa shape index (κ2) is 4.11. The van der Waals surface area contributed by atoms with Crippen molar-refractivity contribution in [1.82, 2.24) is 19.5 Å². The first-order chi connectivity index (χ1) is 11.6. The van der Waals surface area contributed by atoms with Crippen molar-refractivity contribution in [1.29, 1.82) is 0 Å². The molecule has 5 atom stereocenters. The Bertz CT molecular complexity index is 1010. The summed E-state index contributed by atoms with van der Waals surface area (Å²) >= 11 is 0. The van der Waals surface area contributed by atoms with Crippen molar-refractivity contribution >= 4 is 22.1 Å². The molecule has 3 aromatic rings. The van der Waals surface area contributed by atoms with Crippen LogP contribution < -0.4 is 5.69 Å². The van der Waals surface area contributed by atoms with Gasteiger partial charge in [0.25, 0.3) is 0 Å². The Morgan fingerprint density at radius 2 is 2.04 bits per heavy atom. The minimum atomic E-state index is -0.478. The molecule has 124 valence electrons. The van der Waals surface area contributed by atoms with Gasteiger partial charge in [0.1, 0.15) is 5.65 Å². The minimum Gasteiger partial charge on any atom is -0.390 e. The maximum Gasteiger partial charge on any atom is 0.326 e. The van der Waals surface area contributed by atoms with Crippen LogP contribution in [0.2, 0.25) is 0 Å². The number of aromatic amines is 2. The number of hydrogen-bond donors (Lipinski definition) is 3. The maximum absolute atomic E-state index is 12.8. The summed E-state index contributed by atoms with van der Waals surface area (Å²) in [6.07, 6.45) is 8.54. The van der Waals surface area contributed by atoms with Gasteiger partial charge in [-0.2, -0.15) is 0 Å².